The van der Waals surface area contributed by atoms with Gasteiger partial charge in [-0.1, -0.05) is 6.07 Å². The van der Waals surface area contributed by atoms with Crippen LogP contribution in [-0.2, 0) is 9.84 Å². The molecule has 0 unspecified atom stereocenters. The van der Waals surface area contributed by atoms with Crippen LogP contribution in [0.25, 0.3) is 33.4 Å². The van der Waals surface area contributed by atoms with E-state index in [9.17, 15) is 8.42 Å². The van der Waals surface area contributed by atoms with Crippen LogP contribution in [0.3, 0.4) is 0 Å². The highest BCUT2D eigenvalue weighted by atomic mass is 32.2. The number of pyridine rings is 1. The average Bonchev–Trinajstić information content (AvgIpc) is 3.22. The van der Waals surface area contributed by atoms with E-state index in [1.807, 2.05) is 29.0 Å². The molecule has 1 N–H and O–H groups in total. The molecule has 5 nitrogen and oxygen atoms in total. The summed E-state index contributed by atoms with van der Waals surface area (Å²) < 4.78 is 23.7. The molecule has 0 amide bonds. The third-order valence-corrected chi connectivity index (χ3v) is 6.06. The van der Waals surface area contributed by atoms with Crippen LogP contribution in [-0.4, -0.2) is 29.9 Å². The van der Waals surface area contributed by atoms with E-state index in [0.717, 1.165) is 33.4 Å². The summed E-state index contributed by atoms with van der Waals surface area (Å²) in [6, 6.07) is 9.22. The van der Waals surface area contributed by atoms with Gasteiger partial charge in [0.05, 0.1) is 21.5 Å². The van der Waals surface area contributed by atoms with Crippen molar-refractivity contribution in [2.75, 3.05) is 6.26 Å². The molecule has 25 heavy (non-hydrogen) atoms. The number of aromatic nitrogens is 3. The first kappa shape index (κ1) is 16.0. The van der Waals surface area contributed by atoms with E-state index in [0.29, 0.717) is 10.5 Å². The number of aryl methyl sites for hydroxylation is 1. The van der Waals surface area contributed by atoms with Crippen LogP contribution in [0, 0.1) is 6.92 Å². The summed E-state index contributed by atoms with van der Waals surface area (Å²) in [6.07, 6.45) is 2.95. The molecule has 0 aliphatic heterocycles. The molecular weight excluding hydrogens is 354 g/mol. The zero-order valence-corrected chi connectivity index (χ0v) is 15.3. The highest BCUT2D eigenvalue weighted by Gasteiger charge is 2.17. The fourth-order valence-electron chi connectivity index (χ4n) is 3.01. The number of rotatable bonds is 3. The van der Waals surface area contributed by atoms with Crippen LogP contribution < -0.4 is 0 Å². The van der Waals surface area contributed by atoms with Gasteiger partial charge < -0.3 is 0 Å². The SMILES string of the molecule is Cc1cc(-c2nccc3[nH]nc(-c4ccsc4)c23)ccc1S(C)(=O)=O. The van der Waals surface area contributed by atoms with Crippen molar-refractivity contribution in [3.63, 3.8) is 0 Å². The molecule has 0 fully saturated rings. The van der Waals surface area contributed by atoms with Gasteiger partial charge in [-0.05, 0) is 42.1 Å². The number of benzene rings is 1. The predicted octanol–water partition coefficient (Wildman–Crippen LogP) is 4.07. The van der Waals surface area contributed by atoms with Gasteiger partial charge in [-0.3, -0.25) is 10.1 Å². The minimum atomic E-state index is -3.25. The highest BCUT2D eigenvalue weighted by Crippen LogP contribution is 2.35. The summed E-state index contributed by atoms with van der Waals surface area (Å²) in [5.41, 5.74) is 5.15. The lowest BCUT2D eigenvalue weighted by Crippen LogP contribution is -2.00. The molecule has 4 aromatic rings. The normalized spacial score (nSPS) is 11.9. The van der Waals surface area contributed by atoms with Gasteiger partial charge in [0, 0.05) is 29.0 Å². The first-order chi connectivity index (χ1) is 11.9. The number of hydrogen-bond donors (Lipinski definition) is 1. The molecular formula is C18H15N3O2S2. The van der Waals surface area contributed by atoms with Crippen LogP contribution in [0.5, 0.6) is 0 Å². The molecule has 1 aromatic carbocycles. The maximum absolute atomic E-state index is 11.9. The third kappa shape index (κ3) is 2.75. The van der Waals surface area contributed by atoms with Crippen molar-refractivity contribution in [3.8, 4) is 22.5 Å². The Labute approximate surface area is 149 Å². The van der Waals surface area contributed by atoms with Crippen molar-refractivity contribution in [1.29, 1.82) is 0 Å². The lowest BCUT2D eigenvalue weighted by atomic mass is 10.0. The molecule has 4 rings (SSSR count). The first-order valence-corrected chi connectivity index (χ1v) is 10.5. The van der Waals surface area contributed by atoms with Crippen LogP contribution in [0.15, 0.2) is 52.2 Å². The Bertz CT molecular complexity index is 1180. The Hall–Kier alpha value is -2.51. The second-order valence-electron chi connectivity index (χ2n) is 5.92. The monoisotopic (exact) mass is 369 g/mol. The van der Waals surface area contributed by atoms with Crippen LogP contribution >= 0.6 is 11.3 Å². The summed E-state index contributed by atoms with van der Waals surface area (Å²) in [7, 11) is -3.25. The topological polar surface area (TPSA) is 75.7 Å². The number of fused-ring (bicyclic) bond motifs is 1. The molecule has 3 aromatic heterocycles. The van der Waals surface area contributed by atoms with Crippen molar-refractivity contribution in [1.82, 2.24) is 15.2 Å². The molecule has 0 radical (unpaired) electrons. The largest absolute Gasteiger partial charge is 0.277 e. The van der Waals surface area contributed by atoms with Crippen LogP contribution in [0.2, 0.25) is 0 Å². The molecule has 0 spiro atoms. The van der Waals surface area contributed by atoms with E-state index in [4.69, 9.17) is 0 Å². The minimum Gasteiger partial charge on any atom is -0.277 e. The van der Waals surface area contributed by atoms with E-state index >= 15 is 0 Å². The van der Waals surface area contributed by atoms with E-state index in [2.05, 4.69) is 15.2 Å². The Balaban J connectivity index is 1.96. The second kappa shape index (κ2) is 5.79. The van der Waals surface area contributed by atoms with Crippen LogP contribution in [0.4, 0.5) is 0 Å². The number of nitrogens with zero attached hydrogens (tertiary/aromatic N) is 2. The Kier molecular flexibility index (Phi) is 3.70. The van der Waals surface area contributed by atoms with Gasteiger partial charge >= 0.3 is 0 Å². The summed E-state index contributed by atoms with van der Waals surface area (Å²) in [5.74, 6) is 0. The zero-order chi connectivity index (χ0) is 17.6. The molecule has 0 aliphatic carbocycles. The van der Waals surface area contributed by atoms with Crippen molar-refractivity contribution in [2.24, 2.45) is 0 Å². The van der Waals surface area contributed by atoms with Gasteiger partial charge in [-0.2, -0.15) is 16.4 Å². The molecule has 126 valence electrons. The van der Waals surface area contributed by atoms with Gasteiger partial charge in [-0.15, -0.1) is 0 Å². The van der Waals surface area contributed by atoms with Gasteiger partial charge in [0.25, 0.3) is 0 Å². The number of H-pyrrole nitrogens is 1. The Morgan fingerprint density at radius 1 is 1.08 bits per heavy atom. The molecule has 0 saturated carbocycles. The first-order valence-electron chi connectivity index (χ1n) is 7.62. The molecule has 0 saturated heterocycles. The summed E-state index contributed by atoms with van der Waals surface area (Å²) in [5, 5.41) is 12.5. The molecule has 0 atom stereocenters. The standard InChI is InChI=1S/C18H15N3O2S2/c1-11-9-12(3-4-15(11)25(2,22)23)17-16-14(5-7-19-17)20-21-18(16)13-6-8-24-10-13/h3-10H,1-2H3,(H,20,21). The van der Waals surface area contributed by atoms with Crippen molar-refractivity contribution < 1.29 is 8.42 Å². The lowest BCUT2D eigenvalue weighted by Gasteiger charge is -2.08. The van der Waals surface area contributed by atoms with Gasteiger partial charge in [0.15, 0.2) is 9.84 Å². The van der Waals surface area contributed by atoms with Crippen LogP contribution in [0.1, 0.15) is 5.56 Å². The van der Waals surface area contributed by atoms with E-state index in [1.54, 1.807) is 36.6 Å². The number of thiophene rings is 1. The number of hydrogen-bond acceptors (Lipinski definition) is 5. The van der Waals surface area contributed by atoms with Gasteiger partial charge in [0.1, 0.15) is 5.69 Å². The molecule has 3 heterocycles. The Morgan fingerprint density at radius 3 is 2.60 bits per heavy atom. The molecule has 0 bridgehead atoms. The fourth-order valence-corrected chi connectivity index (χ4v) is 4.61. The van der Waals surface area contributed by atoms with Gasteiger partial charge in [-0.25, -0.2) is 8.42 Å². The number of sulfone groups is 1. The lowest BCUT2D eigenvalue weighted by molar-refractivity contribution is 0.601. The van der Waals surface area contributed by atoms with E-state index < -0.39 is 9.84 Å². The maximum atomic E-state index is 11.9. The second-order valence-corrected chi connectivity index (χ2v) is 8.68. The minimum absolute atomic E-state index is 0.341. The fraction of sp³-hybridized carbons (Fsp3) is 0.111. The zero-order valence-electron chi connectivity index (χ0n) is 13.6. The van der Waals surface area contributed by atoms with E-state index in [-0.39, 0.29) is 0 Å². The Morgan fingerprint density at radius 2 is 1.92 bits per heavy atom. The smallest absolute Gasteiger partial charge is 0.175 e. The van der Waals surface area contributed by atoms with Gasteiger partial charge in [0.2, 0.25) is 0 Å². The van der Waals surface area contributed by atoms with Crippen molar-refractivity contribution in [2.45, 2.75) is 11.8 Å². The van der Waals surface area contributed by atoms with Crippen molar-refractivity contribution >= 4 is 32.1 Å². The predicted molar refractivity (Wildman–Crippen MR) is 100 cm³/mol. The summed E-state index contributed by atoms with van der Waals surface area (Å²) >= 11 is 1.61. The quantitative estimate of drug-likeness (QED) is 0.591. The van der Waals surface area contributed by atoms with E-state index in [1.165, 1.54) is 6.26 Å². The molecule has 0 aliphatic rings. The maximum Gasteiger partial charge on any atom is 0.175 e. The number of nitrogens with one attached hydrogen (secondary N) is 1. The average molecular weight is 369 g/mol. The summed E-state index contributed by atoms with van der Waals surface area (Å²) in [6.45, 7) is 1.80. The number of aromatic amines is 1. The van der Waals surface area contributed by atoms with Crippen molar-refractivity contribution in [3.05, 3.63) is 52.9 Å². The third-order valence-electron chi connectivity index (χ3n) is 4.12. The highest BCUT2D eigenvalue weighted by molar-refractivity contribution is 7.90. The summed E-state index contributed by atoms with van der Waals surface area (Å²) in [4.78, 5) is 4.89. The molecule has 7 heteroatoms.